The van der Waals surface area contributed by atoms with Gasteiger partial charge in [-0.3, -0.25) is 9.59 Å². The summed E-state index contributed by atoms with van der Waals surface area (Å²) in [5.41, 5.74) is 5.10. The van der Waals surface area contributed by atoms with E-state index in [2.05, 4.69) is 55.8 Å². The van der Waals surface area contributed by atoms with E-state index < -0.39 is 11.7 Å². The number of fused-ring (bicyclic) bond motifs is 1. The fourth-order valence-corrected chi connectivity index (χ4v) is 4.04. The lowest BCUT2D eigenvalue weighted by Crippen LogP contribution is -2.24. The molecule has 3 N–H and O–H groups in total. The highest BCUT2D eigenvalue weighted by molar-refractivity contribution is 6.05. The van der Waals surface area contributed by atoms with Crippen LogP contribution in [-0.2, 0) is 16.8 Å². The second-order valence-electron chi connectivity index (χ2n) is 11.9. The third kappa shape index (κ3) is 9.31. The first-order chi connectivity index (χ1) is 22.8. The lowest BCUT2D eigenvalue weighted by molar-refractivity contribution is -0.112. The fraction of sp³-hybridized carbons (Fsp3) is 0.297. The Morgan fingerprint density at radius 2 is 1.69 bits per heavy atom. The van der Waals surface area contributed by atoms with E-state index in [1.165, 1.54) is 11.6 Å². The highest BCUT2D eigenvalue weighted by Gasteiger charge is 2.24. The summed E-state index contributed by atoms with van der Waals surface area (Å²) in [6.07, 6.45) is 2.71. The first-order valence-corrected chi connectivity index (χ1v) is 15.7. The summed E-state index contributed by atoms with van der Waals surface area (Å²) in [5.74, 6) is -0.664. The smallest absolute Gasteiger partial charge is 0.315 e. The van der Waals surface area contributed by atoms with Gasteiger partial charge in [0.05, 0.1) is 11.2 Å². The molecule has 2 aromatic carbocycles. The Morgan fingerprint density at radius 3 is 2.29 bits per heavy atom. The number of hydrogen-bond donors (Lipinski definition) is 3. The van der Waals surface area contributed by atoms with Crippen LogP contribution in [-0.4, -0.2) is 36.9 Å². The molecule has 11 heteroatoms. The van der Waals surface area contributed by atoms with Gasteiger partial charge in [-0.15, -0.1) is 6.58 Å². The highest BCUT2D eigenvalue weighted by atomic mass is 19.1. The van der Waals surface area contributed by atoms with Gasteiger partial charge in [-0.25, -0.2) is 14.4 Å². The monoisotopic (exact) mass is 653 g/mol. The molecule has 0 atom stereocenters. The normalized spacial score (nSPS) is 10.7. The molecule has 3 aromatic heterocycles. The van der Waals surface area contributed by atoms with Gasteiger partial charge in [0.1, 0.15) is 11.6 Å². The number of halogens is 1. The van der Waals surface area contributed by atoms with Crippen LogP contribution in [0.1, 0.15) is 83.9 Å². The second kappa shape index (κ2) is 16.4. The summed E-state index contributed by atoms with van der Waals surface area (Å²) < 4.78 is 20.2. The van der Waals surface area contributed by atoms with Crippen LogP contribution in [0.2, 0.25) is 0 Å². The number of aromatic nitrogens is 5. The molecule has 0 bridgehead atoms. The number of imidazole rings is 1. The number of aromatic amines is 1. The number of benzene rings is 2. The van der Waals surface area contributed by atoms with Crippen molar-refractivity contribution in [3.63, 3.8) is 0 Å². The Balaban J connectivity index is 0.000000818. The van der Waals surface area contributed by atoms with Crippen LogP contribution in [0.4, 0.5) is 10.1 Å². The minimum absolute atomic E-state index is 0.0647. The van der Waals surface area contributed by atoms with Gasteiger partial charge >= 0.3 is 11.8 Å². The minimum Gasteiger partial charge on any atom is -0.344 e. The maximum atomic E-state index is 15.2. The topological polar surface area (TPSA) is 139 Å². The predicted molar refractivity (Wildman–Crippen MR) is 189 cm³/mol. The average Bonchev–Trinajstić information content (AvgIpc) is 3.74. The number of H-pyrrole nitrogens is 1. The maximum Gasteiger partial charge on any atom is 0.315 e. The van der Waals surface area contributed by atoms with Gasteiger partial charge in [0.25, 0.3) is 5.91 Å². The molecule has 0 fully saturated rings. The number of anilines is 1. The second-order valence-corrected chi connectivity index (χ2v) is 11.9. The summed E-state index contributed by atoms with van der Waals surface area (Å²) in [6.45, 7) is 22.8. The summed E-state index contributed by atoms with van der Waals surface area (Å²) >= 11 is 0. The number of para-hydroxylation sites is 1. The van der Waals surface area contributed by atoms with Crippen LogP contribution in [0, 0.1) is 5.82 Å². The molecule has 0 spiro atoms. The molecule has 2 amide bonds. The van der Waals surface area contributed by atoms with Crippen LogP contribution in [0.25, 0.3) is 33.7 Å². The third-order valence-corrected chi connectivity index (χ3v) is 6.91. The molecule has 0 aliphatic rings. The molecule has 252 valence electrons. The zero-order valence-corrected chi connectivity index (χ0v) is 28.9. The lowest BCUT2D eigenvalue weighted by atomic mass is 9.96. The zero-order chi connectivity index (χ0) is 35.6. The van der Waals surface area contributed by atoms with Crippen molar-refractivity contribution in [1.82, 2.24) is 30.4 Å². The summed E-state index contributed by atoms with van der Waals surface area (Å²) in [7, 11) is 0. The summed E-state index contributed by atoms with van der Waals surface area (Å²) in [6, 6.07) is 13.7. The molecule has 0 aliphatic heterocycles. The molecule has 48 heavy (non-hydrogen) atoms. The van der Waals surface area contributed by atoms with Gasteiger partial charge in [0.15, 0.2) is 11.5 Å². The maximum absolute atomic E-state index is 15.2. The summed E-state index contributed by atoms with van der Waals surface area (Å²) in [5, 5.41) is 9.30. The van der Waals surface area contributed by atoms with E-state index in [0.717, 1.165) is 6.42 Å². The van der Waals surface area contributed by atoms with Crippen molar-refractivity contribution >= 4 is 28.7 Å². The fourth-order valence-electron chi connectivity index (χ4n) is 4.04. The SMILES string of the molecule is C=C(C)C(=O)Nc1ccccc1-c1nc2nccc(-c3ccc(CNC(=O)c4nc(C(C)(C)C)no4)c(F)c3)c2[nH]1.C=C(C)CC.CC. The van der Waals surface area contributed by atoms with Crippen LogP contribution in [0.3, 0.4) is 0 Å². The molecule has 3 heterocycles. The van der Waals surface area contributed by atoms with Gasteiger partial charge in [-0.2, -0.15) is 4.98 Å². The number of nitrogens with one attached hydrogen (secondary N) is 3. The van der Waals surface area contributed by atoms with Crippen molar-refractivity contribution in [2.45, 2.75) is 73.8 Å². The Labute approximate surface area is 281 Å². The first-order valence-electron chi connectivity index (χ1n) is 15.7. The van der Waals surface area contributed by atoms with Gasteiger partial charge < -0.3 is 20.1 Å². The number of rotatable bonds is 8. The largest absolute Gasteiger partial charge is 0.344 e. The molecule has 0 aliphatic carbocycles. The molecule has 5 aromatic rings. The van der Waals surface area contributed by atoms with Crippen molar-refractivity contribution in [3.05, 3.63) is 102 Å². The Bertz CT molecular complexity index is 1920. The average molecular weight is 654 g/mol. The van der Waals surface area contributed by atoms with E-state index in [1.807, 2.05) is 59.7 Å². The zero-order valence-electron chi connectivity index (χ0n) is 28.9. The quantitative estimate of drug-likeness (QED) is 0.113. The lowest BCUT2D eigenvalue weighted by Gasteiger charge is -2.10. The van der Waals surface area contributed by atoms with Crippen molar-refractivity contribution in [2.75, 3.05) is 5.32 Å². The van der Waals surface area contributed by atoms with E-state index in [4.69, 9.17) is 4.52 Å². The van der Waals surface area contributed by atoms with Gasteiger partial charge in [0, 0.05) is 40.4 Å². The van der Waals surface area contributed by atoms with Crippen molar-refractivity contribution in [1.29, 1.82) is 0 Å². The molecule has 0 saturated heterocycles. The van der Waals surface area contributed by atoms with E-state index in [-0.39, 0.29) is 29.3 Å². The first kappa shape index (κ1) is 37.0. The van der Waals surface area contributed by atoms with Crippen LogP contribution >= 0.6 is 0 Å². The van der Waals surface area contributed by atoms with Gasteiger partial charge in [0.2, 0.25) is 0 Å². The van der Waals surface area contributed by atoms with E-state index >= 15 is 4.39 Å². The van der Waals surface area contributed by atoms with E-state index in [9.17, 15) is 9.59 Å². The Morgan fingerprint density at radius 1 is 1.00 bits per heavy atom. The van der Waals surface area contributed by atoms with Crippen molar-refractivity contribution in [3.8, 4) is 22.5 Å². The number of carbonyl (C=O) groups excluding carboxylic acids is 2. The number of amides is 2. The van der Waals surface area contributed by atoms with E-state index in [0.29, 0.717) is 50.8 Å². The van der Waals surface area contributed by atoms with Crippen LogP contribution in [0.15, 0.2) is 83.6 Å². The number of hydrogen-bond acceptors (Lipinski definition) is 7. The number of nitrogens with zero attached hydrogens (tertiary/aromatic N) is 4. The molecule has 0 radical (unpaired) electrons. The standard InChI is InChI=1S/C30H28FN7O3.C5H10.C2H6/c1-16(2)26(39)34-22-9-7-6-8-20(22)24-35-23-19(12-13-32-25(23)36-24)17-10-11-18(21(31)14-17)15-33-27(40)28-37-29(38-41-28)30(3,4)5;1-4-5(2)3;1-2/h6-14H,1,15H2,2-5H3,(H,33,40)(H,34,39)(H,32,35,36);2,4H2,1,3H3;1-2H3. The molecular weight excluding hydrogens is 609 g/mol. The Hall–Kier alpha value is -5.45. The molecule has 5 rings (SSSR count). The number of carbonyl (C=O) groups is 2. The van der Waals surface area contributed by atoms with Gasteiger partial charge in [-0.05, 0) is 50.1 Å². The molecule has 10 nitrogen and oxygen atoms in total. The molecule has 0 unspecified atom stereocenters. The van der Waals surface area contributed by atoms with Crippen molar-refractivity contribution < 1.29 is 18.5 Å². The minimum atomic E-state index is -0.586. The van der Waals surface area contributed by atoms with Gasteiger partial charge in [-0.1, -0.05) is 83.1 Å². The Kier molecular flexibility index (Phi) is 12.6. The number of allylic oxidation sites excluding steroid dienone is 1. The number of pyridine rings is 1. The predicted octanol–water partition coefficient (Wildman–Crippen LogP) is 8.55. The summed E-state index contributed by atoms with van der Waals surface area (Å²) in [4.78, 5) is 41.1. The molecule has 0 saturated carbocycles. The van der Waals surface area contributed by atoms with Crippen molar-refractivity contribution in [2.24, 2.45) is 0 Å². The molecular formula is C37H44FN7O3. The van der Waals surface area contributed by atoms with Crippen LogP contribution in [0.5, 0.6) is 0 Å². The highest BCUT2D eigenvalue weighted by Crippen LogP contribution is 2.32. The third-order valence-electron chi connectivity index (χ3n) is 6.91. The van der Waals surface area contributed by atoms with E-state index in [1.54, 1.807) is 37.4 Å². The van der Waals surface area contributed by atoms with Crippen LogP contribution < -0.4 is 10.6 Å².